The van der Waals surface area contributed by atoms with Crippen LogP contribution in [0, 0.1) is 0 Å². The highest BCUT2D eigenvalue weighted by atomic mass is 19.4. The lowest BCUT2D eigenvalue weighted by Crippen LogP contribution is -2.23. The highest BCUT2D eigenvalue weighted by molar-refractivity contribution is 5.93. The Morgan fingerprint density at radius 1 is 1.12 bits per heavy atom. The number of amides is 1. The normalized spacial score (nSPS) is 11.5. The summed E-state index contributed by atoms with van der Waals surface area (Å²) in [6.07, 6.45) is -3.39. The van der Waals surface area contributed by atoms with Crippen LogP contribution in [-0.4, -0.2) is 34.7 Å². The fourth-order valence-electron chi connectivity index (χ4n) is 3.10. The molecule has 11 heteroatoms. The molecule has 3 aromatic heterocycles. The molecule has 0 saturated heterocycles. The number of nitrogens with zero attached hydrogens (tertiary/aromatic N) is 3. The van der Waals surface area contributed by atoms with Crippen molar-refractivity contribution in [2.45, 2.75) is 12.7 Å². The van der Waals surface area contributed by atoms with Gasteiger partial charge in [-0.3, -0.25) is 4.79 Å². The molecular formula is C21H17F3N4O4. The minimum Gasteiger partial charge on any atom is -0.493 e. The number of halogens is 3. The average molecular weight is 446 g/mol. The van der Waals surface area contributed by atoms with E-state index in [0.29, 0.717) is 21.6 Å². The maximum atomic E-state index is 13.6. The molecule has 0 spiro atoms. The predicted octanol–water partition coefficient (Wildman–Crippen LogP) is 3.96. The maximum Gasteiger partial charge on any atom is 0.433 e. The first-order chi connectivity index (χ1) is 15.3. The number of nitrogens with one attached hydrogen (secondary N) is 1. The average Bonchev–Trinajstić information content (AvgIpc) is 3.45. The molecule has 32 heavy (non-hydrogen) atoms. The van der Waals surface area contributed by atoms with Gasteiger partial charge < -0.3 is 19.2 Å². The van der Waals surface area contributed by atoms with Crippen LogP contribution < -0.4 is 14.8 Å². The Morgan fingerprint density at radius 3 is 2.56 bits per heavy atom. The number of carbonyl (C=O) groups excluding carboxylic acids is 1. The van der Waals surface area contributed by atoms with Crippen LogP contribution in [0.4, 0.5) is 13.2 Å². The topological polar surface area (TPSA) is 90.9 Å². The van der Waals surface area contributed by atoms with E-state index in [1.54, 1.807) is 18.2 Å². The highest BCUT2D eigenvalue weighted by Gasteiger charge is 2.36. The Bertz CT molecular complexity index is 1270. The molecule has 1 N–H and O–H groups in total. The minimum absolute atomic E-state index is 0.0213. The van der Waals surface area contributed by atoms with Crippen LogP contribution in [-0.2, 0) is 12.7 Å². The molecule has 4 rings (SSSR count). The number of hydrogen-bond donors (Lipinski definition) is 1. The number of aromatic nitrogens is 3. The second-order valence-electron chi connectivity index (χ2n) is 6.67. The Kier molecular flexibility index (Phi) is 5.47. The van der Waals surface area contributed by atoms with Gasteiger partial charge in [0.2, 0.25) is 0 Å². The number of fused-ring (bicyclic) bond motifs is 1. The Hall–Kier alpha value is -4.02. The molecule has 0 aliphatic rings. The number of alkyl halides is 3. The molecular weight excluding hydrogens is 429 g/mol. The Balaban J connectivity index is 1.62. The van der Waals surface area contributed by atoms with Gasteiger partial charge in [-0.25, -0.2) is 9.50 Å². The highest BCUT2D eigenvalue weighted by Crippen LogP contribution is 2.32. The van der Waals surface area contributed by atoms with Crippen molar-refractivity contribution in [1.29, 1.82) is 0 Å². The quantitative estimate of drug-likeness (QED) is 0.482. The van der Waals surface area contributed by atoms with Crippen LogP contribution in [0.2, 0.25) is 0 Å². The monoisotopic (exact) mass is 446 g/mol. The third-order valence-corrected chi connectivity index (χ3v) is 4.62. The first-order valence-corrected chi connectivity index (χ1v) is 9.31. The Labute approximate surface area is 179 Å². The molecule has 0 aliphatic carbocycles. The zero-order valence-electron chi connectivity index (χ0n) is 16.9. The number of carbonyl (C=O) groups is 1. The van der Waals surface area contributed by atoms with E-state index in [0.717, 1.165) is 6.07 Å². The van der Waals surface area contributed by atoms with Crippen LogP contribution in [0.25, 0.3) is 17.1 Å². The molecule has 1 amide bonds. The van der Waals surface area contributed by atoms with E-state index in [1.165, 1.54) is 38.7 Å². The van der Waals surface area contributed by atoms with E-state index in [9.17, 15) is 18.0 Å². The van der Waals surface area contributed by atoms with E-state index in [2.05, 4.69) is 15.4 Å². The predicted molar refractivity (Wildman–Crippen MR) is 106 cm³/mol. The summed E-state index contributed by atoms with van der Waals surface area (Å²) in [5.41, 5.74) is -0.739. The van der Waals surface area contributed by atoms with Crippen molar-refractivity contribution in [3.63, 3.8) is 0 Å². The molecule has 8 nitrogen and oxygen atoms in total. The molecule has 1 aromatic carbocycles. The molecule has 0 fully saturated rings. The lowest BCUT2D eigenvalue weighted by molar-refractivity contribution is -0.142. The third kappa shape index (κ3) is 4.09. The summed E-state index contributed by atoms with van der Waals surface area (Å²) in [7, 11) is 2.99. The van der Waals surface area contributed by atoms with E-state index in [1.807, 2.05) is 0 Å². The summed E-state index contributed by atoms with van der Waals surface area (Å²) >= 11 is 0. The van der Waals surface area contributed by atoms with Gasteiger partial charge >= 0.3 is 6.18 Å². The molecule has 4 aromatic rings. The second kappa shape index (κ2) is 8.25. The van der Waals surface area contributed by atoms with Crippen molar-refractivity contribution in [2.75, 3.05) is 14.2 Å². The molecule has 0 aliphatic heterocycles. The third-order valence-electron chi connectivity index (χ3n) is 4.62. The van der Waals surface area contributed by atoms with Gasteiger partial charge in [0.15, 0.2) is 34.3 Å². The van der Waals surface area contributed by atoms with Gasteiger partial charge in [0, 0.05) is 12.6 Å². The minimum atomic E-state index is -4.72. The second-order valence-corrected chi connectivity index (χ2v) is 6.67. The van der Waals surface area contributed by atoms with Gasteiger partial charge in [0.25, 0.3) is 5.91 Å². The summed E-state index contributed by atoms with van der Waals surface area (Å²) < 4.78 is 57.0. The fourth-order valence-corrected chi connectivity index (χ4v) is 3.10. The van der Waals surface area contributed by atoms with Crippen molar-refractivity contribution in [2.24, 2.45) is 0 Å². The number of ether oxygens (including phenoxy) is 2. The van der Waals surface area contributed by atoms with Crippen LogP contribution >= 0.6 is 0 Å². The van der Waals surface area contributed by atoms with Crippen molar-refractivity contribution < 1.29 is 31.9 Å². The number of methoxy groups -OCH3 is 2. The summed E-state index contributed by atoms with van der Waals surface area (Å²) in [5, 5.41) is 6.45. The number of benzene rings is 1. The van der Waals surface area contributed by atoms with Crippen molar-refractivity contribution in [1.82, 2.24) is 19.9 Å². The van der Waals surface area contributed by atoms with Gasteiger partial charge in [0.05, 0.1) is 20.5 Å². The molecule has 0 radical (unpaired) electrons. The first-order valence-electron chi connectivity index (χ1n) is 9.31. The summed E-state index contributed by atoms with van der Waals surface area (Å²) in [4.78, 5) is 16.7. The SMILES string of the molecule is COc1ccc(CNC(=O)c2cc3nc(-c4ccco4)cc(C(F)(F)F)n3n2)cc1OC. The van der Waals surface area contributed by atoms with Crippen LogP contribution in [0.3, 0.4) is 0 Å². The van der Waals surface area contributed by atoms with Gasteiger partial charge in [-0.15, -0.1) is 0 Å². The smallest absolute Gasteiger partial charge is 0.433 e. The number of rotatable bonds is 6. The van der Waals surface area contributed by atoms with Crippen molar-refractivity contribution in [3.8, 4) is 23.0 Å². The van der Waals surface area contributed by atoms with E-state index in [-0.39, 0.29) is 29.3 Å². The van der Waals surface area contributed by atoms with Gasteiger partial charge in [0.1, 0.15) is 5.69 Å². The molecule has 0 saturated carbocycles. The van der Waals surface area contributed by atoms with Crippen LogP contribution in [0.5, 0.6) is 11.5 Å². The lowest BCUT2D eigenvalue weighted by atomic mass is 10.2. The molecule has 3 heterocycles. The van der Waals surface area contributed by atoms with Gasteiger partial charge in [-0.1, -0.05) is 6.07 Å². The van der Waals surface area contributed by atoms with Crippen molar-refractivity contribution >= 4 is 11.6 Å². The standard InChI is InChI=1S/C21H17F3N4O4/c1-30-16-6-5-12(8-17(16)31-2)11-25-20(29)14-10-19-26-13(15-4-3-7-32-15)9-18(21(22,23)24)28(19)27-14/h3-10H,11H2,1-2H3,(H,25,29). The first kappa shape index (κ1) is 21.2. The largest absolute Gasteiger partial charge is 0.493 e. The van der Waals surface area contributed by atoms with E-state index in [4.69, 9.17) is 13.9 Å². The van der Waals surface area contributed by atoms with Gasteiger partial charge in [-0.05, 0) is 35.9 Å². The molecule has 0 atom stereocenters. The van der Waals surface area contributed by atoms with E-state index >= 15 is 0 Å². The summed E-state index contributed by atoms with van der Waals surface area (Å²) in [5.74, 6) is 0.522. The zero-order chi connectivity index (χ0) is 22.9. The number of furan rings is 1. The van der Waals surface area contributed by atoms with Gasteiger partial charge in [-0.2, -0.15) is 18.3 Å². The zero-order valence-corrected chi connectivity index (χ0v) is 16.9. The maximum absolute atomic E-state index is 13.6. The summed E-state index contributed by atoms with van der Waals surface area (Å²) in [6.45, 7) is 0.101. The van der Waals surface area contributed by atoms with Crippen LogP contribution in [0.15, 0.2) is 53.1 Å². The van der Waals surface area contributed by atoms with E-state index < -0.39 is 17.8 Å². The van der Waals surface area contributed by atoms with Crippen molar-refractivity contribution in [3.05, 3.63) is 65.7 Å². The lowest BCUT2D eigenvalue weighted by Gasteiger charge is -2.10. The van der Waals surface area contributed by atoms with Crippen LogP contribution in [0.1, 0.15) is 21.7 Å². The molecule has 0 unspecified atom stereocenters. The number of hydrogen-bond acceptors (Lipinski definition) is 6. The molecule has 166 valence electrons. The summed E-state index contributed by atoms with van der Waals surface area (Å²) in [6, 6.07) is 10.1. The fraction of sp³-hybridized carbons (Fsp3) is 0.190. The molecule has 0 bridgehead atoms. The Morgan fingerprint density at radius 2 is 1.91 bits per heavy atom.